The van der Waals surface area contributed by atoms with Crippen LogP contribution in [0.3, 0.4) is 0 Å². The van der Waals surface area contributed by atoms with Gasteiger partial charge in [-0.1, -0.05) is 19.8 Å². The molecule has 12 atom stereocenters. The van der Waals surface area contributed by atoms with E-state index in [9.17, 15) is 19.8 Å². The molecule has 0 aromatic carbocycles. The third-order valence-electron chi connectivity index (χ3n) is 14.4. The highest BCUT2D eigenvalue weighted by Gasteiger charge is 2.71. The molecule has 0 aromatic rings. The summed E-state index contributed by atoms with van der Waals surface area (Å²) in [7, 11) is 0. The lowest BCUT2D eigenvalue weighted by molar-refractivity contribution is -0.278. The molecule has 1 spiro atoms. The molecule has 9 heteroatoms. The lowest BCUT2D eigenvalue weighted by atomic mass is 9.41. The maximum absolute atomic E-state index is 13.2. The van der Waals surface area contributed by atoms with E-state index in [1.807, 2.05) is 6.92 Å². The van der Waals surface area contributed by atoms with E-state index in [1.54, 1.807) is 6.08 Å². The average molecular weight is 629 g/mol. The second-order valence-electron chi connectivity index (χ2n) is 16.3. The lowest BCUT2D eigenvalue weighted by Crippen LogP contribution is -2.69. The minimum Gasteiger partial charge on any atom is -0.458 e. The third-order valence-corrected chi connectivity index (χ3v) is 14.4. The van der Waals surface area contributed by atoms with E-state index in [1.165, 1.54) is 12.8 Å². The van der Waals surface area contributed by atoms with Crippen LogP contribution in [0.2, 0.25) is 0 Å². The predicted octanol–water partition coefficient (Wildman–Crippen LogP) is 4.89. The van der Waals surface area contributed by atoms with Crippen molar-refractivity contribution in [1.82, 2.24) is 0 Å². The molecule has 2 saturated heterocycles. The second-order valence-corrected chi connectivity index (χ2v) is 16.3. The van der Waals surface area contributed by atoms with Gasteiger partial charge in [0.15, 0.2) is 12.1 Å². The summed E-state index contributed by atoms with van der Waals surface area (Å²) in [5, 5.41) is 24.9. The molecule has 8 rings (SSSR count). The molecule has 3 unspecified atom stereocenters. The fraction of sp³-hybridized carbons (Fsp3) is 0.889. The van der Waals surface area contributed by atoms with Gasteiger partial charge in [0.2, 0.25) is 0 Å². The van der Waals surface area contributed by atoms with Crippen molar-refractivity contribution in [3.05, 3.63) is 11.6 Å². The van der Waals surface area contributed by atoms with Crippen LogP contribution in [-0.4, -0.2) is 76.8 Å². The van der Waals surface area contributed by atoms with Crippen LogP contribution in [-0.2, 0) is 33.3 Å². The summed E-state index contributed by atoms with van der Waals surface area (Å²) in [6, 6.07) is 0. The van der Waals surface area contributed by atoms with Gasteiger partial charge in [-0.05, 0) is 94.5 Å². The molecule has 3 heterocycles. The van der Waals surface area contributed by atoms with Gasteiger partial charge >= 0.3 is 5.97 Å². The first-order chi connectivity index (χ1) is 21.5. The highest BCUT2D eigenvalue weighted by molar-refractivity contribution is 5.85. The summed E-state index contributed by atoms with van der Waals surface area (Å²) < 4.78 is 31.4. The Hall–Kier alpha value is -1.36. The molecule has 3 aliphatic heterocycles. The Morgan fingerprint density at radius 1 is 0.933 bits per heavy atom. The molecule has 45 heavy (non-hydrogen) atoms. The van der Waals surface area contributed by atoms with Gasteiger partial charge < -0.3 is 38.7 Å². The Kier molecular flexibility index (Phi) is 7.44. The van der Waals surface area contributed by atoms with Crippen LogP contribution >= 0.6 is 0 Å². The minimum atomic E-state index is -1.19. The minimum absolute atomic E-state index is 0.0646. The van der Waals surface area contributed by atoms with Crippen molar-refractivity contribution in [2.45, 2.75) is 164 Å². The van der Waals surface area contributed by atoms with E-state index in [4.69, 9.17) is 23.7 Å². The van der Waals surface area contributed by atoms with E-state index in [0.717, 1.165) is 56.8 Å². The van der Waals surface area contributed by atoms with Gasteiger partial charge in [-0.3, -0.25) is 0 Å². The van der Waals surface area contributed by atoms with Gasteiger partial charge in [-0.2, -0.15) is 0 Å². The van der Waals surface area contributed by atoms with Crippen molar-refractivity contribution in [1.29, 1.82) is 0 Å². The van der Waals surface area contributed by atoms with Gasteiger partial charge in [0.1, 0.15) is 19.0 Å². The number of cyclic esters (lactones) is 1. The first-order valence-electron chi connectivity index (χ1n) is 18.0. The Morgan fingerprint density at radius 3 is 2.44 bits per heavy atom. The van der Waals surface area contributed by atoms with Gasteiger partial charge in [0.05, 0.1) is 34.9 Å². The van der Waals surface area contributed by atoms with E-state index in [2.05, 4.69) is 6.92 Å². The van der Waals surface area contributed by atoms with E-state index >= 15 is 0 Å². The maximum atomic E-state index is 13.2. The molecule has 250 valence electrons. The number of carbonyl (C=O) groups excluding carboxylic acids is 2. The fourth-order valence-electron chi connectivity index (χ4n) is 12.1. The van der Waals surface area contributed by atoms with Crippen LogP contribution in [0.15, 0.2) is 11.6 Å². The van der Waals surface area contributed by atoms with Crippen molar-refractivity contribution in [3.8, 4) is 0 Å². The van der Waals surface area contributed by atoms with Crippen LogP contribution in [0.5, 0.6) is 0 Å². The molecular formula is C36H52O9. The summed E-state index contributed by atoms with van der Waals surface area (Å²) in [5.74, 6) is -0.845. The number of hydrogen-bond acceptors (Lipinski definition) is 9. The first-order valence-corrected chi connectivity index (χ1v) is 18.0. The summed E-state index contributed by atoms with van der Waals surface area (Å²) >= 11 is 0. The number of ether oxygens (including phenoxy) is 5. The molecule has 0 bridgehead atoms. The summed E-state index contributed by atoms with van der Waals surface area (Å²) in [5.41, 5.74) is -2.43. The molecule has 0 aromatic heterocycles. The lowest BCUT2D eigenvalue weighted by Gasteiger charge is -2.65. The van der Waals surface area contributed by atoms with Gasteiger partial charge in [0.25, 0.3) is 0 Å². The van der Waals surface area contributed by atoms with Crippen molar-refractivity contribution in [2.24, 2.45) is 28.6 Å². The number of esters is 1. The van der Waals surface area contributed by atoms with Crippen LogP contribution < -0.4 is 0 Å². The Morgan fingerprint density at radius 2 is 1.71 bits per heavy atom. The molecule has 0 radical (unpaired) electrons. The molecule has 0 amide bonds. The Labute approximate surface area is 266 Å². The molecule has 9 nitrogen and oxygen atoms in total. The summed E-state index contributed by atoms with van der Waals surface area (Å²) in [4.78, 5) is 25.1. The van der Waals surface area contributed by atoms with Gasteiger partial charge in [0, 0.05) is 37.2 Å². The third kappa shape index (κ3) is 4.53. The standard InChI is InChI=1S/C36H52O9/c1-22-31-28(44-35(45-31)11-5-3-4-6-12-35)18-30(42-22)43-24-7-14-33(21-37)26-8-13-32(2)25(23-17-29(38)41-20-23)10-16-36(32,40)27(26)9-15-34(33,39)19-24/h17,21-22,24-28,30-31,39-40H,3-16,18-20H2,1-2H3/t22-,24+,25-,26+,27-,28?,30-,31?,32-,33+,34+,36?/m1/s1. The van der Waals surface area contributed by atoms with E-state index in [0.29, 0.717) is 51.6 Å². The average Bonchev–Trinajstić information content (AvgIpc) is 3.61. The molecule has 2 N–H and O–H groups in total. The molecule has 8 aliphatic rings. The highest BCUT2D eigenvalue weighted by atomic mass is 16.8. The van der Waals surface area contributed by atoms with Gasteiger partial charge in [-0.15, -0.1) is 0 Å². The van der Waals surface area contributed by atoms with Crippen LogP contribution in [0.4, 0.5) is 0 Å². The van der Waals surface area contributed by atoms with E-state index < -0.39 is 28.7 Å². The number of aldehydes is 1. The van der Waals surface area contributed by atoms with Crippen molar-refractivity contribution < 1.29 is 43.5 Å². The Balaban J connectivity index is 0.964. The van der Waals surface area contributed by atoms with Crippen LogP contribution in [0.1, 0.15) is 117 Å². The van der Waals surface area contributed by atoms with Crippen LogP contribution in [0.25, 0.3) is 0 Å². The molecule has 5 aliphatic carbocycles. The summed E-state index contributed by atoms with van der Waals surface area (Å²) in [6.07, 6.45) is 14.6. The fourth-order valence-corrected chi connectivity index (χ4v) is 12.1. The number of hydrogen-bond donors (Lipinski definition) is 2. The zero-order chi connectivity index (χ0) is 31.2. The molecular weight excluding hydrogens is 576 g/mol. The SMILES string of the molecule is C[C@H]1O[C@H](O[C@H]2CC[C@]3(C=O)[C@H]4CC[C@]5(C)[C@@H](C6=CC(=O)OC6)CCC5(O)[C@@H]4CC[C@]3(O)C2)CC2OC3(CCCCCC3)OC21. The zero-order valence-corrected chi connectivity index (χ0v) is 27.0. The second kappa shape index (κ2) is 10.8. The topological polar surface area (TPSA) is 121 Å². The first kappa shape index (κ1) is 30.9. The van der Waals surface area contributed by atoms with Crippen molar-refractivity contribution >= 4 is 12.3 Å². The Bertz CT molecular complexity index is 1230. The van der Waals surface area contributed by atoms with Crippen molar-refractivity contribution in [3.63, 3.8) is 0 Å². The number of carbonyl (C=O) groups is 2. The van der Waals surface area contributed by atoms with Crippen LogP contribution in [0, 0.1) is 28.6 Å². The normalized spacial score (nSPS) is 52.2. The van der Waals surface area contributed by atoms with Crippen molar-refractivity contribution in [2.75, 3.05) is 6.61 Å². The zero-order valence-electron chi connectivity index (χ0n) is 27.0. The number of fused-ring (bicyclic) bond motifs is 6. The predicted molar refractivity (Wildman–Crippen MR) is 162 cm³/mol. The number of rotatable bonds is 4. The quantitative estimate of drug-likeness (QED) is 0.255. The monoisotopic (exact) mass is 628 g/mol. The largest absolute Gasteiger partial charge is 0.458 e. The van der Waals surface area contributed by atoms with E-state index in [-0.39, 0.29) is 53.6 Å². The molecule has 5 saturated carbocycles. The maximum Gasteiger partial charge on any atom is 0.331 e. The molecule has 7 fully saturated rings. The van der Waals surface area contributed by atoms with Gasteiger partial charge in [-0.25, -0.2) is 4.79 Å². The highest BCUT2D eigenvalue weighted by Crippen LogP contribution is 2.70. The number of aliphatic hydroxyl groups is 2. The summed E-state index contributed by atoms with van der Waals surface area (Å²) in [6.45, 7) is 4.53. The smallest absolute Gasteiger partial charge is 0.331 e.